The molecule has 0 saturated carbocycles. The number of halogens is 1. The monoisotopic (exact) mass is 240 g/mol. The van der Waals surface area contributed by atoms with Crippen LogP contribution >= 0.6 is 11.6 Å². The lowest BCUT2D eigenvalue weighted by atomic mass is 10.1. The predicted octanol–water partition coefficient (Wildman–Crippen LogP) is 3.78. The van der Waals surface area contributed by atoms with Crippen LogP contribution in [-0.4, -0.2) is 4.98 Å². The summed E-state index contributed by atoms with van der Waals surface area (Å²) in [5.74, 6) is 0. The van der Waals surface area contributed by atoms with Crippen molar-refractivity contribution < 1.29 is 0 Å². The van der Waals surface area contributed by atoms with Crippen LogP contribution in [0.15, 0.2) is 42.7 Å². The topological polar surface area (TPSA) is 36.7 Å². The maximum absolute atomic E-state index is 8.83. The summed E-state index contributed by atoms with van der Waals surface area (Å²) < 4.78 is 0. The summed E-state index contributed by atoms with van der Waals surface area (Å²) in [6, 6.07) is 11.9. The molecule has 0 unspecified atom stereocenters. The van der Waals surface area contributed by atoms with Crippen LogP contribution in [0.5, 0.6) is 0 Å². The van der Waals surface area contributed by atoms with Crippen LogP contribution < -0.4 is 0 Å². The van der Waals surface area contributed by atoms with Gasteiger partial charge in [-0.2, -0.15) is 5.26 Å². The van der Waals surface area contributed by atoms with E-state index in [-0.39, 0.29) is 0 Å². The Kier molecular flexibility index (Phi) is 3.54. The second-order valence-electron chi connectivity index (χ2n) is 3.45. The largest absolute Gasteiger partial charge is 0.263 e. The average Bonchev–Trinajstić information content (AvgIpc) is 2.39. The molecule has 2 nitrogen and oxygen atoms in total. The lowest BCUT2D eigenvalue weighted by molar-refractivity contribution is 1.29. The Morgan fingerprint density at radius 3 is 2.59 bits per heavy atom. The molecule has 1 aromatic carbocycles. The first kappa shape index (κ1) is 11.4. The molecule has 0 spiro atoms. The Bertz CT molecular complexity index is 583. The number of nitriles is 1. The van der Waals surface area contributed by atoms with Gasteiger partial charge >= 0.3 is 0 Å². The molecule has 0 saturated heterocycles. The number of hydrogen-bond acceptors (Lipinski definition) is 2. The van der Waals surface area contributed by atoms with Crippen LogP contribution in [0.25, 0.3) is 12.2 Å². The maximum atomic E-state index is 8.83. The minimum atomic E-state index is 0.391. The summed E-state index contributed by atoms with van der Waals surface area (Å²) in [4.78, 5) is 3.97. The maximum Gasteiger partial charge on any atom is 0.102 e. The minimum absolute atomic E-state index is 0.391. The lowest BCUT2D eigenvalue weighted by Gasteiger charge is -1.99. The van der Waals surface area contributed by atoms with Gasteiger partial charge in [-0.3, -0.25) is 4.98 Å². The highest BCUT2D eigenvalue weighted by Crippen LogP contribution is 2.21. The Morgan fingerprint density at radius 2 is 1.88 bits per heavy atom. The van der Waals surface area contributed by atoms with Crippen LogP contribution in [0.2, 0.25) is 5.02 Å². The SMILES string of the molecule is N#Cc1cncc(/C=C/c2ccccc2)c1Cl. The van der Waals surface area contributed by atoms with Crippen LogP contribution in [0.3, 0.4) is 0 Å². The van der Waals surface area contributed by atoms with E-state index in [1.54, 1.807) is 6.20 Å². The molecular weight excluding hydrogens is 232 g/mol. The molecule has 2 aromatic rings. The number of nitrogens with zero attached hydrogens (tertiary/aromatic N) is 2. The number of hydrogen-bond donors (Lipinski definition) is 0. The Labute approximate surface area is 105 Å². The molecule has 0 bridgehead atoms. The van der Waals surface area contributed by atoms with Crippen molar-refractivity contribution in [1.82, 2.24) is 4.98 Å². The molecule has 82 valence electrons. The zero-order chi connectivity index (χ0) is 12.1. The zero-order valence-corrected chi connectivity index (χ0v) is 9.72. The van der Waals surface area contributed by atoms with Gasteiger partial charge in [0.25, 0.3) is 0 Å². The van der Waals surface area contributed by atoms with Crippen LogP contribution in [0, 0.1) is 11.3 Å². The summed E-state index contributed by atoms with van der Waals surface area (Å²) in [5, 5.41) is 9.27. The first-order valence-corrected chi connectivity index (χ1v) is 5.46. The summed E-state index contributed by atoms with van der Waals surface area (Å²) in [6.45, 7) is 0. The molecule has 0 aliphatic rings. The van der Waals surface area contributed by atoms with E-state index in [2.05, 4.69) is 4.98 Å². The minimum Gasteiger partial charge on any atom is -0.263 e. The zero-order valence-electron chi connectivity index (χ0n) is 8.97. The van der Waals surface area contributed by atoms with Crippen molar-refractivity contribution in [3.63, 3.8) is 0 Å². The van der Waals surface area contributed by atoms with Gasteiger partial charge in [0.15, 0.2) is 0 Å². The highest BCUT2D eigenvalue weighted by Gasteiger charge is 2.03. The molecule has 0 N–H and O–H groups in total. The van der Waals surface area contributed by atoms with Gasteiger partial charge in [-0.25, -0.2) is 0 Å². The standard InChI is InChI=1S/C14H9ClN2/c15-14-12(9-17-10-13(14)8-16)7-6-11-4-2-1-3-5-11/h1-7,9-10H/b7-6+. The molecule has 0 aliphatic carbocycles. The van der Waals surface area contributed by atoms with Crippen LogP contribution in [0.4, 0.5) is 0 Å². The normalized spacial score (nSPS) is 10.4. The Hall–Kier alpha value is -2.11. The van der Waals surface area contributed by atoms with E-state index >= 15 is 0 Å². The molecule has 0 amide bonds. The van der Waals surface area contributed by atoms with Gasteiger partial charge in [-0.05, 0) is 5.56 Å². The van der Waals surface area contributed by atoms with Crippen molar-refractivity contribution in [2.24, 2.45) is 0 Å². The quantitative estimate of drug-likeness (QED) is 0.801. The van der Waals surface area contributed by atoms with E-state index in [1.807, 2.05) is 48.6 Å². The molecule has 1 aromatic heterocycles. The third kappa shape index (κ3) is 2.72. The van der Waals surface area contributed by atoms with E-state index in [1.165, 1.54) is 6.20 Å². The van der Waals surface area contributed by atoms with Crippen molar-refractivity contribution in [3.8, 4) is 6.07 Å². The van der Waals surface area contributed by atoms with Crippen molar-refractivity contribution in [2.75, 3.05) is 0 Å². The van der Waals surface area contributed by atoms with Crippen molar-refractivity contribution >= 4 is 23.8 Å². The van der Waals surface area contributed by atoms with Crippen molar-refractivity contribution in [3.05, 3.63) is 64.4 Å². The second-order valence-corrected chi connectivity index (χ2v) is 3.82. The second kappa shape index (κ2) is 5.29. The van der Waals surface area contributed by atoms with E-state index in [9.17, 15) is 0 Å². The van der Waals surface area contributed by atoms with Gasteiger partial charge < -0.3 is 0 Å². The third-order valence-corrected chi connectivity index (χ3v) is 2.70. The summed E-state index contributed by atoms with van der Waals surface area (Å²) in [7, 11) is 0. The van der Waals surface area contributed by atoms with Gasteiger partial charge in [0.1, 0.15) is 6.07 Å². The third-order valence-electron chi connectivity index (χ3n) is 2.28. The van der Waals surface area contributed by atoms with E-state index in [0.717, 1.165) is 11.1 Å². The first-order chi connectivity index (χ1) is 8.31. The number of rotatable bonds is 2. The number of aromatic nitrogens is 1. The molecule has 0 radical (unpaired) electrons. The van der Waals surface area contributed by atoms with Gasteiger partial charge in [0.2, 0.25) is 0 Å². The first-order valence-electron chi connectivity index (χ1n) is 5.08. The summed E-state index contributed by atoms with van der Waals surface area (Å²) >= 11 is 6.06. The molecule has 3 heteroatoms. The smallest absolute Gasteiger partial charge is 0.102 e. The van der Waals surface area contributed by atoms with E-state index in [0.29, 0.717) is 10.6 Å². The van der Waals surface area contributed by atoms with Crippen molar-refractivity contribution in [2.45, 2.75) is 0 Å². The fourth-order valence-electron chi connectivity index (χ4n) is 1.41. The molecule has 2 rings (SSSR count). The fraction of sp³-hybridized carbons (Fsp3) is 0. The van der Waals surface area contributed by atoms with Gasteiger partial charge in [0, 0.05) is 18.0 Å². The molecular formula is C14H9ClN2. The Balaban J connectivity index is 2.32. The fourth-order valence-corrected chi connectivity index (χ4v) is 1.61. The number of pyridine rings is 1. The van der Waals surface area contributed by atoms with Crippen molar-refractivity contribution in [1.29, 1.82) is 5.26 Å². The van der Waals surface area contributed by atoms with Gasteiger partial charge in [-0.15, -0.1) is 0 Å². The van der Waals surface area contributed by atoms with E-state index in [4.69, 9.17) is 16.9 Å². The highest BCUT2D eigenvalue weighted by molar-refractivity contribution is 6.33. The Morgan fingerprint density at radius 1 is 1.12 bits per heavy atom. The lowest BCUT2D eigenvalue weighted by Crippen LogP contribution is -1.84. The molecule has 0 atom stereocenters. The van der Waals surface area contributed by atoms with Gasteiger partial charge in [0.05, 0.1) is 10.6 Å². The molecule has 0 aliphatic heterocycles. The number of benzene rings is 1. The van der Waals surface area contributed by atoms with E-state index < -0.39 is 0 Å². The summed E-state index contributed by atoms with van der Waals surface area (Å²) in [6.07, 6.45) is 6.89. The predicted molar refractivity (Wildman–Crippen MR) is 69.3 cm³/mol. The summed E-state index contributed by atoms with van der Waals surface area (Å²) in [5.41, 5.74) is 2.21. The molecule has 17 heavy (non-hydrogen) atoms. The molecule has 0 fully saturated rings. The van der Waals surface area contributed by atoms with Crippen LogP contribution in [0.1, 0.15) is 16.7 Å². The molecule has 1 heterocycles. The van der Waals surface area contributed by atoms with Crippen LogP contribution in [-0.2, 0) is 0 Å². The van der Waals surface area contributed by atoms with Gasteiger partial charge in [-0.1, -0.05) is 54.1 Å². The average molecular weight is 241 g/mol. The highest BCUT2D eigenvalue weighted by atomic mass is 35.5.